The summed E-state index contributed by atoms with van der Waals surface area (Å²) in [5.74, 6) is -3.36. The molecule has 3 fully saturated rings. The molecule has 4 aliphatic rings. The van der Waals surface area contributed by atoms with Crippen LogP contribution in [0, 0.1) is 5.92 Å². The fourth-order valence-corrected chi connectivity index (χ4v) is 7.11. The van der Waals surface area contributed by atoms with Crippen molar-refractivity contribution >= 4 is 35.0 Å². The van der Waals surface area contributed by atoms with E-state index in [0.29, 0.717) is 28.9 Å². The number of hydrogen-bond donors (Lipinski definition) is 3. The van der Waals surface area contributed by atoms with Gasteiger partial charge >= 0.3 is 5.92 Å². The van der Waals surface area contributed by atoms with E-state index in [9.17, 15) is 18.4 Å². The molecule has 0 radical (unpaired) electrons. The number of aromatic nitrogens is 2. The number of fused-ring (bicyclic) bond motifs is 1. The first kappa shape index (κ1) is 31.4. The van der Waals surface area contributed by atoms with Crippen LogP contribution in [0.5, 0.6) is 5.75 Å². The normalized spacial score (nSPS) is 23.8. The Labute approximate surface area is 263 Å². The van der Waals surface area contributed by atoms with Crippen LogP contribution in [0.4, 0.5) is 31.9 Å². The highest BCUT2D eigenvalue weighted by Gasteiger charge is 2.48. The average Bonchev–Trinajstić information content (AvgIpc) is 3.54. The minimum atomic E-state index is -3.55. The van der Waals surface area contributed by atoms with Gasteiger partial charge in [-0.05, 0) is 82.8 Å². The summed E-state index contributed by atoms with van der Waals surface area (Å²) in [6.07, 6.45) is 9.11. The molecule has 1 aromatic heterocycles. The molecule has 244 valence electrons. The Hall–Kier alpha value is -3.58. The van der Waals surface area contributed by atoms with Crippen molar-refractivity contribution in [3.05, 3.63) is 30.0 Å². The third-order valence-corrected chi connectivity index (χ3v) is 9.92. The molecule has 2 aliphatic carbocycles. The van der Waals surface area contributed by atoms with Crippen LogP contribution < -0.4 is 30.5 Å². The molecule has 2 aromatic rings. The van der Waals surface area contributed by atoms with Gasteiger partial charge < -0.3 is 35.4 Å². The van der Waals surface area contributed by atoms with Crippen LogP contribution in [-0.4, -0.2) is 98.1 Å². The molecule has 2 saturated carbocycles. The molecule has 13 heteroatoms. The minimum Gasteiger partial charge on any atom is -0.495 e. The third-order valence-electron chi connectivity index (χ3n) is 9.92. The molecule has 0 bridgehead atoms. The van der Waals surface area contributed by atoms with E-state index in [-0.39, 0.29) is 29.6 Å². The predicted molar refractivity (Wildman–Crippen MR) is 169 cm³/mol. The fraction of sp³-hybridized carbons (Fsp3) is 0.625. The van der Waals surface area contributed by atoms with Crippen LogP contribution >= 0.6 is 0 Å². The van der Waals surface area contributed by atoms with Crippen molar-refractivity contribution < 1.29 is 23.1 Å². The lowest BCUT2D eigenvalue weighted by atomic mass is 9.84. The van der Waals surface area contributed by atoms with Gasteiger partial charge in [0.25, 0.3) is 11.8 Å². The van der Waals surface area contributed by atoms with E-state index in [0.717, 1.165) is 69.0 Å². The molecule has 11 nitrogen and oxygen atoms in total. The Morgan fingerprint density at radius 2 is 1.91 bits per heavy atom. The van der Waals surface area contributed by atoms with Gasteiger partial charge in [-0.15, -0.1) is 0 Å². The summed E-state index contributed by atoms with van der Waals surface area (Å²) >= 11 is 0. The summed E-state index contributed by atoms with van der Waals surface area (Å²) in [7, 11) is 5.03. The molecule has 6 rings (SSSR count). The van der Waals surface area contributed by atoms with Crippen molar-refractivity contribution in [2.45, 2.75) is 75.4 Å². The molecule has 1 aromatic carbocycles. The SMILES string of the molecule is COc1cc(C(=O)NC2CC(N(C)CC3CCNCC3)C2)ccc1Nc1ncc2c(n1)N(C1CCCC1)CC(F)(F)C(=O)N2C. The topological polar surface area (TPSA) is 115 Å². The number of alkyl halides is 2. The number of nitrogens with zero attached hydrogens (tertiary/aromatic N) is 5. The van der Waals surface area contributed by atoms with E-state index >= 15 is 0 Å². The zero-order valence-electron chi connectivity index (χ0n) is 26.3. The number of nitrogens with one attached hydrogen (secondary N) is 3. The molecule has 0 unspecified atom stereocenters. The van der Waals surface area contributed by atoms with E-state index in [2.05, 4.69) is 37.9 Å². The van der Waals surface area contributed by atoms with Crippen LogP contribution in [0.25, 0.3) is 0 Å². The Morgan fingerprint density at radius 3 is 2.62 bits per heavy atom. The first-order chi connectivity index (χ1) is 21.6. The summed E-state index contributed by atoms with van der Waals surface area (Å²) in [6, 6.07) is 5.58. The van der Waals surface area contributed by atoms with Gasteiger partial charge in [-0.3, -0.25) is 9.59 Å². The van der Waals surface area contributed by atoms with Gasteiger partial charge in [0.2, 0.25) is 5.95 Å². The van der Waals surface area contributed by atoms with Gasteiger partial charge in [-0.25, -0.2) is 4.98 Å². The van der Waals surface area contributed by atoms with Gasteiger partial charge in [0, 0.05) is 37.3 Å². The Morgan fingerprint density at radius 1 is 1.18 bits per heavy atom. The summed E-state index contributed by atoms with van der Waals surface area (Å²) < 4.78 is 35.4. The summed E-state index contributed by atoms with van der Waals surface area (Å²) in [6.45, 7) is 2.57. The molecule has 0 spiro atoms. The van der Waals surface area contributed by atoms with Gasteiger partial charge in [-0.2, -0.15) is 13.8 Å². The summed E-state index contributed by atoms with van der Waals surface area (Å²) in [4.78, 5) is 39.6. The maximum Gasteiger partial charge on any atom is 0.342 e. The number of halogens is 2. The van der Waals surface area contributed by atoms with E-state index < -0.39 is 18.4 Å². The highest BCUT2D eigenvalue weighted by Crippen LogP contribution is 2.40. The van der Waals surface area contributed by atoms with Crippen LogP contribution in [-0.2, 0) is 4.79 Å². The molecule has 0 atom stereocenters. The Kier molecular flexibility index (Phi) is 9.10. The first-order valence-corrected chi connectivity index (χ1v) is 16.1. The predicted octanol–water partition coefficient (Wildman–Crippen LogP) is 3.78. The van der Waals surface area contributed by atoms with E-state index in [1.807, 2.05) is 0 Å². The van der Waals surface area contributed by atoms with Gasteiger partial charge in [-0.1, -0.05) is 12.8 Å². The fourth-order valence-electron chi connectivity index (χ4n) is 7.11. The zero-order valence-corrected chi connectivity index (χ0v) is 26.3. The average molecular weight is 627 g/mol. The molecule has 45 heavy (non-hydrogen) atoms. The van der Waals surface area contributed by atoms with Crippen molar-refractivity contribution in [1.82, 2.24) is 25.5 Å². The largest absolute Gasteiger partial charge is 0.495 e. The molecular formula is C32H44F2N8O3. The van der Waals surface area contributed by atoms with Crippen molar-refractivity contribution in [3.8, 4) is 5.75 Å². The molecule has 2 amide bonds. The number of methoxy groups -OCH3 is 1. The lowest BCUT2D eigenvalue weighted by Crippen LogP contribution is -2.54. The first-order valence-electron chi connectivity index (χ1n) is 16.1. The number of piperidine rings is 1. The van der Waals surface area contributed by atoms with Crippen molar-refractivity contribution in [2.75, 3.05) is 62.5 Å². The highest BCUT2D eigenvalue weighted by atomic mass is 19.3. The molecule has 3 heterocycles. The van der Waals surface area contributed by atoms with E-state index in [1.165, 1.54) is 33.2 Å². The third kappa shape index (κ3) is 6.69. The second kappa shape index (κ2) is 13.0. The second-order valence-electron chi connectivity index (χ2n) is 13.0. The lowest BCUT2D eigenvalue weighted by Gasteiger charge is -2.43. The van der Waals surface area contributed by atoms with Gasteiger partial charge in [0.1, 0.15) is 11.4 Å². The Balaban J connectivity index is 1.12. The highest BCUT2D eigenvalue weighted by molar-refractivity contribution is 6.02. The molecule has 1 saturated heterocycles. The lowest BCUT2D eigenvalue weighted by molar-refractivity contribution is -0.140. The molecule has 3 N–H and O–H groups in total. The van der Waals surface area contributed by atoms with E-state index in [1.54, 1.807) is 23.1 Å². The Bertz CT molecular complexity index is 1390. The standard InChI is InChI=1S/C32H44F2N8O3/c1-40(18-20-10-12-35-13-11-20)24-15-22(16-24)37-29(43)21-8-9-25(27(14-21)45-3)38-31-36-17-26-28(39-31)42(23-6-4-5-7-23)19-32(33,34)30(44)41(26)2/h8-9,14,17,20,22-24,35H,4-7,10-13,15-16,18-19H2,1-3H3,(H,37,43)(H,36,38,39). The maximum atomic E-state index is 14.9. The number of rotatable bonds is 9. The second-order valence-corrected chi connectivity index (χ2v) is 13.0. The molecule has 2 aliphatic heterocycles. The van der Waals surface area contributed by atoms with Crippen molar-refractivity contribution in [1.29, 1.82) is 0 Å². The number of carbonyl (C=O) groups is 2. The van der Waals surface area contributed by atoms with Crippen LogP contribution in [0.2, 0.25) is 0 Å². The quantitative estimate of drug-likeness (QED) is 0.383. The van der Waals surface area contributed by atoms with Crippen LogP contribution in [0.3, 0.4) is 0 Å². The number of anilines is 4. The number of ether oxygens (including phenoxy) is 1. The molecular weight excluding hydrogens is 582 g/mol. The van der Waals surface area contributed by atoms with Crippen molar-refractivity contribution in [3.63, 3.8) is 0 Å². The monoisotopic (exact) mass is 626 g/mol. The number of amides is 2. The van der Waals surface area contributed by atoms with Gasteiger partial charge in [0.15, 0.2) is 5.82 Å². The number of carbonyl (C=O) groups excluding carboxylic acids is 2. The van der Waals surface area contributed by atoms with Crippen LogP contribution in [0.15, 0.2) is 24.4 Å². The van der Waals surface area contributed by atoms with Gasteiger partial charge in [0.05, 0.1) is 25.5 Å². The summed E-state index contributed by atoms with van der Waals surface area (Å²) in [5.41, 5.74) is 1.24. The van der Waals surface area contributed by atoms with Crippen molar-refractivity contribution in [2.24, 2.45) is 5.92 Å². The maximum absolute atomic E-state index is 14.9. The summed E-state index contributed by atoms with van der Waals surface area (Å²) in [5, 5.41) is 9.70. The smallest absolute Gasteiger partial charge is 0.342 e. The zero-order chi connectivity index (χ0) is 31.7. The number of benzene rings is 1. The van der Waals surface area contributed by atoms with E-state index in [4.69, 9.17) is 4.74 Å². The van der Waals surface area contributed by atoms with Crippen LogP contribution in [0.1, 0.15) is 61.7 Å². The number of hydrogen-bond acceptors (Lipinski definition) is 9. The minimum absolute atomic E-state index is 0.134.